The van der Waals surface area contributed by atoms with Crippen LogP contribution in [-0.2, 0) is 14.6 Å². The van der Waals surface area contributed by atoms with E-state index in [0.29, 0.717) is 12.5 Å². The van der Waals surface area contributed by atoms with Gasteiger partial charge in [0.15, 0.2) is 9.84 Å². The molecule has 1 rings (SSSR count). The van der Waals surface area contributed by atoms with E-state index in [0.717, 1.165) is 26.0 Å². The van der Waals surface area contributed by atoms with Gasteiger partial charge in [-0.25, -0.2) is 8.42 Å². The van der Waals surface area contributed by atoms with Gasteiger partial charge >= 0.3 is 0 Å². The van der Waals surface area contributed by atoms with Crippen molar-refractivity contribution in [2.75, 3.05) is 26.0 Å². The summed E-state index contributed by atoms with van der Waals surface area (Å²) in [6, 6.07) is -0.0278. The van der Waals surface area contributed by atoms with E-state index in [-0.39, 0.29) is 6.04 Å². The summed E-state index contributed by atoms with van der Waals surface area (Å²) in [5, 5.41) is 3.40. The van der Waals surface area contributed by atoms with E-state index in [2.05, 4.69) is 12.2 Å². The SMILES string of the molecule is CCCNC(C1CCOC1)C(C)(C)S(C)(=O)=O. The smallest absolute Gasteiger partial charge is 0.154 e. The van der Waals surface area contributed by atoms with Crippen LogP contribution in [0.1, 0.15) is 33.6 Å². The van der Waals surface area contributed by atoms with Crippen LogP contribution in [-0.4, -0.2) is 45.2 Å². The molecule has 0 aromatic carbocycles. The first kappa shape index (κ1) is 14.9. The van der Waals surface area contributed by atoms with Crippen molar-refractivity contribution >= 4 is 9.84 Å². The van der Waals surface area contributed by atoms with Gasteiger partial charge in [-0.05, 0) is 33.2 Å². The van der Waals surface area contributed by atoms with Crippen LogP contribution in [0.25, 0.3) is 0 Å². The molecule has 5 heteroatoms. The van der Waals surface area contributed by atoms with Crippen molar-refractivity contribution in [2.45, 2.75) is 44.4 Å². The highest BCUT2D eigenvalue weighted by Crippen LogP contribution is 2.29. The molecule has 4 nitrogen and oxygen atoms in total. The molecule has 17 heavy (non-hydrogen) atoms. The van der Waals surface area contributed by atoms with Crippen molar-refractivity contribution in [3.05, 3.63) is 0 Å². The first-order valence-corrected chi connectivity index (χ1v) is 8.20. The summed E-state index contributed by atoms with van der Waals surface area (Å²) >= 11 is 0. The molecule has 0 aromatic rings. The summed E-state index contributed by atoms with van der Waals surface area (Å²) < 4.78 is 28.5. The number of ether oxygens (including phenoxy) is 1. The average molecular weight is 263 g/mol. The summed E-state index contributed by atoms with van der Waals surface area (Å²) in [5.74, 6) is 0.297. The molecule has 1 heterocycles. The number of rotatable bonds is 6. The Kier molecular flexibility index (Phi) is 4.98. The van der Waals surface area contributed by atoms with Crippen LogP contribution < -0.4 is 5.32 Å². The molecular formula is C12H25NO3S. The highest BCUT2D eigenvalue weighted by atomic mass is 32.2. The zero-order valence-corrected chi connectivity index (χ0v) is 12.1. The molecule has 1 saturated heterocycles. The Morgan fingerprint density at radius 3 is 2.53 bits per heavy atom. The highest BCUT2D eigenvalue weighted by molar-refractivity contribution is 7.92. The van der Waals surface area contributed by atoms with Crippen LogP contribution in [0.15, 0.2) is 0 Å². The van der Waals surface area contributed by atoms with Gasteiger partial charge < -0.3 is 10.1 Å². The molecule has 0 radical (unpaired) electrons. The van der Waals surface area contributed by atoms with E-state index in [4.69, 9.17) is 4.74 Å². The van der Waals surface area contributed by atoms with E-state index in [1.165, 1.54) is 6.26 Å². The van der Waals surface area contributed by atoms with Gasteiger partial charge in [0.1, 0.15) is 0 Å². The molecular weight excluding hydrogens is 238 g/mol. The van der Waals surface area contributed by atoms with Crippen molar-refractivity contribution in [2.24, 2.45) is 5.92 Å². The average Bonchev–Trinajstić information content (AvgIpc) is 2.69. The van der Waals surface area contributed by atoms with Crippen molar-refractivity contribution in [3.63, 3.8) is 0 Å². The molecule has 0 amide bonds. The van der Waals surface area contributed by atoms with Gasteiger partial charge in [-0.2, -0.15) is 0 Å². The molecule has 0 aliphatic carbocycles. The third-order valence-electron chi connectivity index (χ3n) is 3.76. The van der Waals surface area contributed by atoms with Gasteiger partial charge in [0.25, 0.3) is 0 Å². The molecule has 1 aliphatic rings. The first-order valence-electron chi connectivity index (χ1n) is 6.31. The minimum Gasteiger partial charge on any atom is -0.381 e. The van der Waals surface area contributed by atoms with Gasteiger partial charge in [0.2, 0.25) is 0 Å². The predicted octanol–water partition coefficient (Wildman–Crippen LogP) is 1.21. The van der Waals surface area contributed by atoms with Crippen molar-refractivity contribution in [1.82, 2.24) is 5.32 Å². The molecule has 102 valence electrons. The van der Waals surface area contributed by atoms with E-state index in [1.807, 2.05) is 13.8 Å². The lowest BCUT2D eigenvalue weighted by atomic mass is 9.89. The summed E-state index contributed by atoms with van der Waals surface area (Å²) in [5.41, 5.74) is 0. The molecule has 2 unspecified atom stereocenters. The summed E-state index contributed by atoms with van der Waals surface area (Å²) in [4.78, 5) is 0. The molecule has 0 saturated carbocycles. The summed E-state index contributed by atoms with van der Waals surface area (Å²) in [6.07, 6.45) is 3.27. The fourth-order valence-electron chi connectivity index (χ4n) is 2.33. The predicted molar refractivity (Wildman–Crippen MR) is 69.9 cm³/mol. The third-order valence-corrected chi connectivity index (χ3v) is 5.92. The second-order valence-electron chi connectivity index (χ2n) is 5.43. The summed E-state index contributed by atoms with van der Waals surface area (Å²) in [6.45, 7) is 7.97. The monoisotopic (exact) mass is 263 g/mol. The quantitative estimate of drug-likeness (QED) is 0.783. The normalized spacial score (nSPS) is 23.9. The second-order valence-corrected chi connectivity index (χ2v) is 8.03. The Bertz CT molecular complexity index is 332. The topological polar surface area (TPSA) is 55.4 Å². The Hall–Kier alpha value is -0.130. The Labute approximate surface area is 105 Å². The second kappa shape index (κ2) is 5.67. The lowest BCUT2D eigenvalue weighted by Gasteiger charge is -2.37. The standard InChI is InChI=1S/C12H25NO3S/c1-5-7-13-11(10-6-8-16-9-10)12(2,3)17(4,14)15/h10-11,13H,5-9H2,1-4H3. The van der Waals surface area contributed by atoms with Gasteiger partial charge in [0.05, 0.1) is 11.4 Å². The number of hydrogen-bond donors (Lipinski definition) is 1. The van der Waals surface area contributed by atoms with E-state index in [9.17, 15) is 8.42 Å². The van der Waals surface area contributed by atoms with E-state index < -0.39 is 14.6 Å². The van der Waals surface area contributed by atoms with Crippen molar-refractivity contribution < 1.29 is 13.2 Å². The molecule has 1 aliphatic heterocycles. The van der Waals surface area contributed by atoms with Crippen LogP contribution in [0.3, 0.4) is 0 Å². The van der Waals surface area contributed by atoms with Gasteiger partial charge in [-0.1, -0.05) is 6.92 Å². The number of sulfone groups is 1. The number of hydrogen-bond acceptors (Lipinski definition) is 4. The lowest BCUT2D eigenvalue weighted by molar-refractivity contribution is 0.171. The minimum absolute atomic E-state index is 0.0278. The van der Waals surface area contributed by atoms with Crippen molar-refractivity contribution in [3.8, 4) is 0 Å². The lowest BCUT2D eigenvalue weighted by Crippen LogP contribution is -2.55. The fourth-order valence-corrected chi connectivity index (χ4v) is 3.06. The maximum atomic E-state index is 11.9. The van der Waals surface area contributed by atoms with Crippen LogP contribution in [0.2, 0.25) is 0 Å². The van der Waals surface area contributed by atoms with Crippen LogP contribution in [0.4, 0.5) is 0 Å². The Morgan fingerprint density at radius 2 is 2.12 bits per heavy atom. The zero-order valence-electron chi connectivity index (χ0n) is 11.3. The van der Waals surface area contributed by atoms with Gasteiger partial charge in [-0.3, -0.25) is 0 Å². The molecule has 2 atom stereocenters. The maximum absolute atomic E-state index is 11.9. The van der Waals surface area contributed by atoms with Gasteiger partial charge in [0, 0.05) is 24.8 Å². The van der Waals surface area contributed by atoms with E-state index in [1.54, 1.807) is 0 Å². The fraction of sp³-hybridized carbons (Fsp3) is 1.00. The Morgan fingerprint density at radius 1 is 1.47 bits per heavy atom. The van der Waals surface area contributed by atoms with Crippen molar-refractivity contribution in [1.29, 1.82) is 0 Å². The van der Waals surface area contributed by atoms with E-state index >= 15 is 0 Å². The van der Waals surface area contributed by atoms with Gasteiger partial charge in [-0.15, -0.1) is 0 Å². The Balaban J connectivity index is 2.88. The molecule has 1 fully saturated rings. The van der Waals surface area contributed by atoms with Crippen LogP contribution >= 0.6 is 0 Å². The maximum Gasteiger partial charge on any atom is 0.154 e. The van der Waals surface area contributed by atoms with Crippen LogP contribution in [0.5, 0.6) is 0 Å². The molecule has 1 N–H and O–H groups in total. The highest BCUT2D eigenvalue weighted by Gasteiger charge is 2.43. The summed E-state index contributed by atoms with van der Waals surface area (Å²) in [7, 11) is -3.09. The number of nitrogens with one attached hydrogen (secondary N) is 1. The minimum atomic E-state index is -3.09. The largest absolute Gasteiger partial charge is 0.381 e. The zero-order chi connectivity index (χ0) is 13.1. The first-order chi connectivity index (χ1) is 7.80. The molecule has 0 bridgehead atoms. The molecule has 0 aromatic heterocycles. The molecule has 0 spiro atoms. The third kappa shape index (κ3) is 3.42. The van der Waals surface area contributed by atoms with Crippen LogP contribution in [0, 0.1) is 5.92 Å².